The van der Waals surface area contributed by atoms with Crippen molar-refractivity contribution < 1.29 is 9.90 Å². The molecular weight excluding hydrogens is 176 g/mol. The van der Waals surface area contributed by atoms with E-state index in [2.05, 4.69) is 19.1 Å². The summed E-state index contributed by atoms with van der Waals surface area (Å²) in [6.07, 6.45) is 8.65. The Balaban J connectivity index is 2.05. The zero-order valence-electron chi connectivity index (χ0n) is 8.65. The molecule has 0 aromatic rings. The Morgan fingerprint density at radius 2 is 2.29 bits per heavy atom. The number of aliphatic carboxylic acids is 1. The highest BCUT2D eigenvalue weighted by atomic mass is 16.4. The van der Waals surface area contributed by atoms with E-state index in [9.17, 15) is 4.79 Å². The van der Waals surface area contributed by atoms with Crippen molar-refractivity contribution in [1.29, 1.82) is 0 Å². The maximum Gasteiger partial charge on any atom is 0.306 e. The fourth-order valence-corrected chi connectivity index (χ4v) is 3.12. The van der Waals surface area contributed by atoms with E-state index in [1.807, 2.05) is 0 Å². The van der Waals surface area contributed by atoms with Crippen molar-refractivity contribution in [2.45, 2.75) is 32.6 Å². The minimum atomic E-state index is -0.585. The van der Waals surface area contributed by atoms with Gasteiger partial charge in [-0.25, -0.2) is 0 Å². The van der Waals surface area contributed by atoms with Crippen molar-refractivity contribution in [1.82, 2.24) is 0 Å². The van der Waals surface area contributed by atoms with Gasteiger partial charge in [0.25, 0.3) is 0 Å². The van der Waals surface area contributed by atoms with Crippen LogP contribution >= 0.6 is 0 Å². The van der Waals surface area contributed by atoms with Gasteiger partial charge in [-0.1, -0.05) is 25.5 Å². The number of carbonyl (C=O) groups is 1. The Hall–Kier alpha value is -0.790. The first kappa shape index (κ1) is 9.75. The van der Waals surface area contributed by atoms with Crippen LogP contribution in [-0.2, 0) is 4.79 Å². The smallest absolute Gasteiger partial charge is 0.306 e. The summed E-state index contributed by atoms with van der Waals surface area (Å²) < 4.78 is 0. The highest BCUT2D eigenvalue weighted by molar-refractivity contribution is 5.70. The Morgan fingerprint density at radius 1 is 1.50 bits per heavy atom. The summed E-state index contributed by atoms with van der Waals surface area (Å²) in [5.74, 6) is 0.983. The number of carboxylic acid groups (broad SMARTS) is 1. The highest BCUT2D eigenvalue weighted by Gasteiger charge is 2.42. The van der Waals surface area contributed by atoms with Gasteiger partial charge in [-0.05, 0) is 37.0 Å². The fraction of sp³-hybridized carbons (Fsp3) is 0.750. The van der Waals surface area contributed by atoms with Crippen LogP contribution in [0, 0.1) is 23.7 Å². The van der Waals surface area contributed by atoms with Crippen LogP contribution in [0.25, 0.3) is 0 Å². The molecule has 0 aliphatic heterocycles. The Labute approximate surface area is 85.0 Å². The van der Waals surface area contributed by atoms with E-state index in [1.165, 1.54) is 6.42 Å². The largest absolute Gasteiger partial charge is 0.481 e. The molecule has 4 atom stereocenters. The molecular formula is C12H18O2. The van der Waals surface area contributed by atoms with Gasteiger partial charge in [-0.15, -0.1) is 0 Å². The van der Waals surface area contributed by atoms with Crippen molar-refractivity contribution in [3.63, 3.8) is 0 Å². The molecule has 0 amide bonds. The van der Waals surface area contributed by atoms with E-state index >= 15 is 0 Å². The van der Waals surface area contributed by atoms with Gasteiger partial charge in [-0.2, -0.15) is 0 Å². The van der Waals surface area contributed by atoms with E-state index in [4.69, 9.17) is 5.11 Å². The molecule has 4 unspecified atom stereocenters. The molecule has 14 heavy (non-hydrogen) atoms. The quantitative estimate of drug-likeness (QED) is 0.699. The van der Waals surface area contributed by atoms with Gasteiger partial charge in [0.1, 0.15) is 0 Å². The zero-order valence-corrected chi connectivity index (χ0v) is 8.65. The fourth-order valence-electron chi connectivity index (χ4n) is 3.12. The third-order valence-corrected chi connectivity index (χ3v) is 3.76. The van der Waals surface area contributed by atoms with Gasteiger partial charge in [0.05, 0.1) is 5.92 Å². The van der Waals surface area contributed by atoms with Crippen LogP contribution in [0.5, 0.6) is 0 Å². The third kappa shape index (κ3) is 1.58. The predicted octanol–water partition coefficient (Wildman–Crippen LogP) is 2.70. The SMILES string of the molecule is CCCC(C(=O)O)C1CC2C=CC1C2. The van der Waals surface area contributed by atoms with Crippen molar-refractivity contribution in [3.8, 4) is 0 Å². The molecule has 1 N–H and O–H groups in total. The summed E-state index contributed by atoms with van der Waals surface area (Å²) in [5, 5.41) is 9.17. The van der Waals surface area contributed by atoms with Crippen LogP contribution < -0.4 is 0 Å². The average Bonchev–Trinajstić information content (AvgIpc) is 2.74. The first-order valence-electron chi connectivity index (χ1n) is 5.63. The van der Waals surface area contributed by atoms with Crippen LogP contribution in [0.4, 0.5) is 0 Å². The maximum absolute atomic E-state index is 11.1. The molecule has 2 bridgehead atoms. The standard InChI is InChI=1S/C12H18O2/c1-2-3-10(12(13)14)11-7-8-4-5-9(11)6-8/h4-5,8-11H,2-3,6-7H2,1H3,(H,13,14). The number of rotatable bonds is 4. The molecule has 2 heteroatoms. The van der Waals surface area contributed by atoms with E-state index in [0.717, 1.165) is 19.3 Å². The van der Waals surface area contributed by atoms with E-state index < -0.39 is 5.97 Å². The van der Waals surface area contributed by atoms with Crippen LogP contribution in [0.1, 0.15) is 32.6 Å². The average molecular weight is 194 g/mol. The van der Waals surface area contributed by atoms with Gasteiger partial charge in [-0.3, -0.25) is 4.79 Å². The van der Waals surface area contributed by atoms with Crippen molar-refractivity contribution in [3.05, 3.63) is 12.2 Å². The summed E-state index contributed by atoms with van der Waals surface area (Å²) in [4.78, 5) is 11.1. The number of carboxylic acids is 1. The lowest BCUT2D eigenvalue weighted by Gasteiger charge is -2.24. The van der Waals surface area contributed by atoms with Crippen molar-refractivity contribution in [2.24, 2.45) is 23.7 Å². The number of allylic oxidation sites excluding steroid dienone is 2. The van der Waals surface area contributed by atoms with Crippen molar-refractivity contribution in [2.75, 3.05) is 0 Å². The topological polar surface area (TPSA) is 37.3 Å². The molecule has 2 aliphatic carbocycles. The first-order valence-corrected chi connectivity index (χ1v) is 5.63. The highest BCUT2D eigenvalue weighted by Crippen LogP contribution is 2.47. The minimum Gasteiger partial charge on any atom is -0.481 e. The second-order valence-corrected chi connectivity index (χ2v) is 4.68. The number of hydrogen-bond acceptors (Lipinski definition) is 1. The van der Waals surface area contributed by atoms with Gasteiger partial charge in [0.15, 0.2) is 0 Å². The second kappa shape index (κ2) is 3.76. The Morgan fingerprint density at radius 3 is 2.71 bits per heavy atom. The van der Waals surface area contributed by atoms with Crippen LogP contribution in [0.15, 0.2) is 12.2 Å². The summed E-state index contributed by atoms with van der Waals surface area (Å²) in [6.45, 7) is 2.07. The molecule has 0 spiro atoms. The zero-order chi connectivity index (χ0) is 10.1. The van der Waals surface area contributed by atoms with Gasteiger partial charge >= 0.3 is 5.97 Å². The molecule has 0 radical (unpaired) electrons. The lowest BCUT2D eigenvalue weighted by atomic mass is 9.80. The number of fused-ring (bicyclic) bond motifs is 2. The molecule has 1 saturated carbocycles. The minimum absolute atomic E-state index is 0.0973. The Kier molecular flexibility index (Phi) is 2.62. The molecule has 0 aromatic carbocycles. The molecule has 2 nitrogen and oxygen atoms in total. The lowest BCUT2D eigenvalue weighted by Crippen LogP contribution is -2.26. The van der Waals surface area contributed by atoms with E-state index in [0.29, 0.717) is 17.8 Å². The van der Waals surface area contributed by atoms with Gasteiger partial charge in [0, 0.05) is 0 Å². The van der Waals surface area contributed by atoms with E-state index in [1.54, 1.807) is 0 Å². The monoisotopic (exact) mass is 194 g/mol. The first-order chi connectivity index (χ1) is 6.72. The lowest BCUT2D eigenvalue weighted by molar-refractivity contribution is -0.144. The molecule has 0 aromatic heterocycles. The normalized spacial score (nSPS) is 36.2. The predicted molar refractivity (Wildman–Crippen MR) is 54.9 cm³/mol. The third-order valence-electron chi connectivity index (χ3n) is 3.76. The molecule has 0 heterocycles. The summed E-state index contributed by atoms with van der Waals surface area (Å²) in [5.41, 5.74) is 0. The molecule has 2 aliphatic rings. The van der Waals surface area contributed by atoms with E-state index in [-0.39, 0.29) is 5.92 Å². The van der Waals surface area contributed by atoms with Crippen LogP contribution in [-0.4, -0.2) is 11.1 Å². The van der Waals surface area contributed by atoms with Gasteiger partial charge in [0.2, 0.25) is 0 Å². The summed E-state index contributed by atoms with van der Waals surface area (Å²) in [6, 6.07) is 0. The molecule has 0 saturated heterocycles. The molecule has 1 fully saturated rings. The van der Waals surface area contributed by atoms with Crippen molar-refractivity contribution >= 4 is 5.97 Å². The summed E-state index contributed by atoms with van der Waals surface area (Å²) >= 11 is 0. The van der Waals surface area contributed by atoms with Crippen LogP contribution in [0.2, 0.25) is 0 Å². The molecule has 78 valence electrons. The Bertz CT molecular complexity index is 257. The summed E-state index contributed by atoms with van der Waals surface area (Å²) in [7, 11) is 0. The van der Waals surface area contributed by atoms with Crippen LogP contribution in [0.3, 0.4) is 0 Å². The van der Waals surface area contributed by atoms with Gasteiger partial charge < -0.3 is 5.11 Å². The second-order valence-electron chi connectivity index (χ2n) is 4.68. The number of hydrogen-bond donors (Lipinski definition) is 1. The molecule has 2 rings (SSSR count). The maximum atomic E-state index is 11.1.